The Morgan fingerprint density at radius 2 is 1.96 bits per heavy atom. The second-order valence-electron chi connectivity index (χ2n) is 7.07. The normalized spacial score (nSPS) is 26.8. The maximum absolute atomic E-state index is 13.1. The second kappa shape index (κ2) is 9.06. The topological polar surface area (TPSA) is 94.2 Å². The van der Waals surface area contributed by atoms with E-state index in [0.717, 1.165) is 12.8 Å². The first-order chi connectivity index (χ1) is 13.3. The summed E-state index contributed by atoms with van der Waals surface area (Å²) in [6.45, 7) is 4.66. The van der Waals surface area contributed by atoms with Gasteiger partial charge in [-0.1, -0.05) is 11.6 Å². The van der Waals surface area contributed by atoms with Crippen LogP contribution in [-0.2, 0) is 24.3 Å². The zero-order valence-corrected chi connectivity index (χ0v) is 17.5. The number of hydrogen-bond acceptors (Lipinski definition) is 6. The number of amides is 1. The third kappa shape index (κ3) is 5.03. The van der Waals surface area contributed by atoms with E-state index in [1.807, 2.05) is 13.8 Å². The van der Waals surface area contributed by atoms with Gasteiger partial charge in [-0.2, -0.15) is 4.31 Å². The van der Waals surface area contributed by atoms with Crippen molar-refractivity contribution in [2.24, 2.45) is 0 Å². The van der Waals surface area contributed by atoms with Gasteiger partial charge in [-0.05, 0) is 44.9 Å². The lowest BCUT2D eigenvalue weighted by Crippen LogP contribution is -2.48. The summed E-state index contributed by atoms with van der Waals surface area (Å²) in [5.41, 5.74) is 2.46. The molecule has 3 atom stereocenters. The third-order valence-electron chi connectivity index (χ3n) is 4.62. The third-order valence-corrected chi connectivity index (χ3v) is 6.93. The van der Waals surface area contributed by atoms with Gasteiger partial charge in [0.1, 0.15) is 4.90 Å². The lowest BCUT2D eigenvalue weighted by atomic mass is 10.2. The molecule has 1 aromatic rings. The minimum Gasteiger partial charge on any atom is -0.373 e. The molecular formula is C18H25ClN2O6S. The van der Waals surface area contributed by atoms with Crippen LogP contribution >= 0.6 is 11.6 Å². The summed E-state index contributed by atoms with van der Waals surface area (Å²) in [4.78, 5) is 17.5. The molecule has 2 aliphatic rings. The summed E-state index contributed by atoms with van der Waals surface area (Å²) in [5.74, 6) is -0.564. The maximum Gasteiger partial charge on any atom is 0.274 e. The SMILES string of the molecule is C[C@@H]1CN(S(=O)(=O)c2cc(C(=O)NO[C@@H]3CCCCO3)ccc2Cl)C[C@H](C)O1. The van der Waals surface area contributed by atoms with Crippen LogP contribution in [-0.4, -0.2) is 56.8 Å². The molecular weight excluding hydrogens is 408 g/mol. The predicted molar refractivity (Wildman–Crippen MR) is 102 cm³/mol. The summed E-state index contributed by atoms with van der Waals surface area (Å²) in [7, 11) is -3.87. The van der Waals surface area contributed by atoms with Crippen molar-refractivity contribution in [3.63, 3.8) is 0 Å². The average molecular weight is 433 g/mol. The molecule has 0 bridgehead atoms. The van der Waals surface area contributed by atoms with Gasteiger partial charge in [-0.3, -0.25) is 4.79 Å². The molecule has 1 aromatic carbocycles. The number of benzene rings is 1. The van der Waals surface area contributed by atoms with Gasteiger partial charge in [-0.25, -0.2) is 18.7 Å². The highest BCUT2D eigenvalue weighted by molar-refractivity contribution is 7.89. The van der Waals surface area contributed by atoms with Crippen molar-refractivity contribution in [2.45, 2.75) is 56.5 Å². The first-order valence-electron chi connectivity index (χ1n) is 9.30. The molecule has 2 fully saturated rings. The van der Waals surface area contributed by atoms with E-state index in [4.69, 9.17) is 25.9 Å². The van der Waals surface area contributed by atoms with Crippen molar-refractivity contribution in [2.75, 3.05) is 19.7 Å². The molecule has 10 heteroatoms. The van der Waals surface area contributed by atoms with Crippen LogP contribution in [0.1, 0.15) is 43.5 Å². The quantitative estimate of drug-likeness (QED) is 0.717. The molecule has 0 aromatic heterocycles. The summed E-state index contributed by atoms with van der Waals surface area (Å²) in [5, 5.41) is 0.0554. The van der Waals surface area contributed by atoms with Gasteiger partial charge < -0.3 is 9.47 Å². The summed E-state index contributed by atoms with van der Waals surface area (Å²) < 4.78 is 38.5. The van der Waals surface area contributed by atoms with E-state index in [1.54, 1.807) is 0 Å². The smallest absolute Gasteiger partial charge is 0.274 e. The molecule has 2 heterocycles. The van der Waals surface area contributed by atoms with E-state index in [1.165, 1.54) is 22.5 Å². The number of carbonyl (C=O) groups is 1. The monoisotopic (exact) mass is 432 g/mol. The van der Waals surface area contributed by atoms with Crippen LogP contribution in [0, 0.1) is 0 Å². The van der Waals surface area contributed by atoms with Crippen LogP contribution in [0.25, 0.3) is 0 Å². The molecule has 2 saturated heterocycles. The van der Waals surface area contributed by atoms with Crippen molar-refractivity contribution < 1.29 is 27.5 Å². The summed E-state index contributed by atoms with van der Waals surface area (Å²) in [6.07, 6.45) is 1.66. The first-order valence-corrected chi connectivity index (χ1v) is 11.1. The number of carbonyl (C=O) groups excluding carboxylic acids is 1. The molecule has 0 unspecified atom stereocenters. The highest BCUT2D eigenvalue weighted by Gasteiger charge is 2.34. The van der Waals surface area contributed by atoms with Gasteiger partial charge in [0.15, 0.2) is 6.29 Å². The molecule has 1 amide bonds. The van der Waals surface area contributed by atoms with Gasteiger partial charge in [0.05, 0.1) is 17.2 Å². The lowest BCUT2D eigenvalue weighted by molar-refractivity contribution is -0.186. The molecule has 1 N–H and O–H groups in total. The van der Waals surface area contributed by atoms with Crippen molar-refractivity contribution in [3.05, 3.63) is 28.8 Å². The largest absolute Gasteiger partial charge is 0.373 e. The molecule has 28 heavy (non-hydrogen) atoms. The average Bonchev–Trinajstić information content (AvgIpc) is 2.66. The summed E-state index contributed by atoms with van der Waals surface area (Å²) >= 11 is 6.16. The molecule has 0 radical (unpaired) electrons. The zero-order chi connectivity index (χ0) is 20.3. The minimum absolute atomic E-state index is 0.0554. The highest BCUT2D eigenvalue weighted by atomic mass is 35.5. The van der Waals surface area contributed by atoms with Gasteiger partial charge in [-0.15, -0.1) is 0 Å². The van der Waals surface area contributed by atoms with E-state index < -0.39 is 22.2 Å². The summed E-state index contributed by atoms with van der Waals surface area (Å²) in [6, 6.07) is 4.11. The van der Waals surface area contributed by atoms with E-state index >= 15 is 0 Å². The number of sulfonamides is 1. The van der Waals surface area contributed by atoms with Gasteiger partial charge in [0, 0.05) is 31.7 Å². The number of nitrogens with one attached hydrogen (secondary N) is 1. The zero-order valence-electron chi connectivity index (χ0n) is 15.9. The van der Waals surface area contributed by atoms with Gasteiger partial charge in [0.2, 0.25) is 10.0 Å². The molecule has 3 rings (SSSR count). The lowest BCUT2D eigenvalue weighted by Gasteiger charge is -2.34. The highest BCUT2D eigenvalue weighted by Crippen LogP contribution is 2.28. The van der Waals surface area contributed by atoms with Crippen molar-refractivity contribution in [3.8, 4) is 0 Å². The van der Waals surface area contributed by atoms with Crippen molar-refractivity contribution in [1.29, 1.82) is 0 Å². The standard InChI is InChI=1S/C18H25ClN2O6S/c1-12-10-21(11-13(2)26-12)28(23,24)16-9-14(6-7-15(16)19)18(22)20-27-17-5-3-4-8-25-17/h6-7,9,12-13,17H,3-5,8,10-11H2,1-2H3,(H,20,22)/t12-,13+,17-/m1/s1. The van der Waals surface area contributed by atoms with Crippen molar-refractivity contribution in [1.82, 2.24) is 9.79 Å². The maximum atomic E-state index is 13.1. The first kappa shape index (κ1) is 21.5. The number of nitrogens with zero attached hydrogens (tertiary/aromatic N) is 1. The Hall–Kier alpha value is -1.23. The number of morpholine rings is 1. The van der Waals surface area contributed by atoms with Crippen molar-refractivity contribution >= 4 is 27.5 Å². The van der Waals surface area contributed by atoms with Gasteiger partial charge in [0.25, 0.3) is 5.91 Å². The molecule has 0 spiro atoms. The molecule has 2 aliphatic heterocycles. The number of rotatable bonds is 5. The Morgan fingerprint density at radius 1 is 1.25 bits per heavy atom. The fourth-order valence-electron chi connectivity index (χ4n) is 3.29. The Kier molecular flexibility index (Phi) is 6.95. The number of halogens is 1. The fraction of sp³-hybridized carbons (Fsp3) is 0.611. The van der Waals surface area contributed by atoms with E-state index in [-0.39, 0.29) is 40.8 Å². The Bertz CT molecular complexity index is 802. The molecule has 8 nitrogen and oxygen atoms in total. The molecule has 156 valence electrons. The number of hydroxylamine groups is 1. The van der Waals surface area contributed by atoms with Crippen LogP contribution in [0.2, 0.25) is 5.02 Å². The Labute approximate surface area is 170 Å². The minimum atomic E-state index is -3.87. The second-order valence-corrected chi connectivity index (χ2v) is 9.38. The fourth-order valence-corrected chi connectivity index (χ4v) is 5.38. The number of hydrogen-bond donors (Lipinski definition) is 1. The van der Waals surface area contributed by atoms with Crippen LogP contribution < -0.4 is 5.48 Å². The van der Waals surface area contributed by atoms with Crippen LogP contribution in [0.15, 0.2) is 23.1 Å². The van der Waals surface area contributed by atoms with Crippen LogP contribution in [0.4, 0.5) is 0 Å². The van der Waals surface area contributed by atoms with Gasteiger partial charge >= 0.3 is 0 Å². The van der Waals surface area contributed by atoms with E-state index in [9.17, 15) is 13.2 Å². The van der Waals surface area contributed by atoms with Crippen LogP contribution in [0.3, 0.4) is 0 Å². The number of ether oxygens (including phenoxy) is 2. The van der Waals surface area contributed by atoms with E-state index in [2.05, 4.69) is 5.48 Å². The Balaban J connectivity index is 1.75. The predicted octanol–water partition coefficient (Wildman–Crippen LogP) is 2.33. The molecule has 0 aliphatic carbocycles. The Morgan fingerprint density at radius 3 is 2.61 bits per heavy atom. The van der Waals surface area contributed by atoms with Crippen LogP contribution in [0.5, 0.6) is 0 Å². The van der Waals surface area contributed by atoms with E-state index in [0.29, 0.717) is 13.0 Å². The molecule has 0 saturated carbocycles.